The van der Waals surface area contributed by atoms with Crippen LogP contribution in [0.5, 0.6) is 0 Å². The number of rotatable bonds is 2. The van der Waals surface area contributed by atoms with Crippen LogP contribution >= 0.6 is 22.9 Å². The number of benzene rings is 1. The first kappa shape index (κ1) is 13.3. The first-order chi connectivity index (χ1) is 9.54. The monoisotopic (exact) mass is 307 g/mol. The largest absolute Gasteiger partial charge is 0.324 e. The van der Waals surface area contributed by atoms with Crippen LogP contribution in [0, 0.1) is 19.7 Å². The Morgan fingerprint density at radius 1 is 1.15 bits per heavy atom. The zero-order chi connectivity index (χ0) is 14.3. The molecule has 3 rings (SSSR count). The molecule has 1 N–H and O–H groups in total. The minimum atomic E-state index is -0.283. The molecule has 0 spiro atoms. The standard InChI is InChI=1S/C14H11ClFN3S/c1-7-8(2)20-13-11(7)12(15)18-14(19-13)17-10-5-3-9(16)4-6-10/h3-6H,1-2H3,(H,17,18,19). The summed E-state index contributed by atoms with van der Waals surface area (Å²) < 4.78 is 12.9. The molecular formula is C14H11ClFN3S. The van der Waals surface area contributed by atoms with E-state index < -0.39 is 0 Å². The lowest BCUT2D eigenvalue weighted by atomic mass is 10.2. The Balaban J connectivity index is 2.02. The first-order valence-electron chi connectivity index (χ1n) is 6.00. The van der Waals surface area contributed by atoms with E-state index >= 15 is 0 Å². The summed E-state index contributed by atoms with van der Waals surface area (Å²) in [6.07, 6.45) is 0. The Hall–Kier alpha value is -1.72. The molecule has 2 heterocycles. The number of halogens is 2. The minimum absolute atomic E-state index is 0.283. The molecule has 0 amide bonds. The lowest BCUT2D eigenvalue weighted by molar-refractivity contribution is 0.628. The van der Waals surface area contributed by atoms with Gasteiger partial charge in [0.15, 0.2) is 0 Å². The van der Waals surface area contributed by atoms with E-state index in [1.54, 1.807) is 23.5 Å². The summed E-state index contributed by atoms with van der Waals surface area (Å²) in [4.78, 5) is 10.7. The Morgan fingerprint density at radius 3 is 2.55 bits per heavy atom. The molecule has 1 aromatic carbocycles. The molecule has 6 heteroatoms. The Kier molecular flexibility index (Phi) is 3.31. The van der Waals surface area contributed by atoms with Gasteiger partial charge in [0.25, 0.3) is 0 Å². The van der Waals surface area contributed by atoms with Gasteiger partial charge in [-0.1, -0.05) is 11.6 Å². The van der Waals surface area contributed by atoms with Gasteiger partial charge in [-0.05, 0) is 43.7 Å². The maximum atomic E-state index is 12.9. The molecule has 3 nitrogen and oxygen atoms in total. The van der Waals surface area contributed by atoms with Gasteiger partial charge in [-0.15, -0.1) is 11.3 Å². The highest BCUT2D eigenvalue weighted by atomic mass is 35.5. The molecule has 0 fully saturated rings. The highest BCUT2D eigenvalue weighted by Crippen LogP contribution is 2.34. The summed E-state index contributed by atoms with van der Waals surface area (Å²) in [6.45, 7) is 4.04. The molecule has 0 saturated heterocycles. The number of fused-ring (bicyclic) bond motifs is 1. The van der Waals surface area contributed by atoms with Crippen molar-refractivity contribution in [1.29, 1.82) is 0 Å². The smallest absolute Gasteiger partial charge is 0.230 e. The van der Waals surface area contributed by atoms with Crippen molar-refractivity contribution in [2.75, 3.05) is 5.32 Å². The quantitative estimate of drug-likeness (QED) is 0.688. The molecule has 2 aromatic heterocycles. The number of aromatic nitrogens is 2. The van der Waals surface area contributed by atoms with Crippen LogP contribution in [-0.4, -0.2) is 9.97 Å². The zero-order valence-corrected chi connectivity index (χ0v) is 12.4. The van der Waals surface area contributed by atoms with Crippen molar-refractivity contribution in [3.05, 3.63) is 45.7 Å². The van der Waals surface area contributed by atoms with E-state index in [9.17, 15) is 4.39 Å². The number of nitrogens with one attached hydrogen (secondary N) is 1. The third-order valence-electron chi connectivity index (χ3n) is 3.08. The van der Waals surface area contributed by atoms with Crippen molar-refractivity contribution in [2.24, 2.45) is 0 Å². The molecular weight excluding hydrogens is 297 g/mol. The first-order valence-corrected chi connectivity index (χ1v) is 7.20. The normalized spacial score (nSPS) is 11.0. The fraction of sp³-hybridized carbons (Fsp3) is 0.143. The summed E-state index contributed by atoms with van der Waals surface area (Å²) in [5.41, 5.74) is 1.83. The summed E-state index contributed by atoms with van der Waals surface area (Å²) >= 11 is 7.81. The van der Waals surface area contributed by atoms with Crippen LogP contribution in [-0.2, 0) is 0 Å². The predicted molar refractivity (Wildman–Crippen MR) is 81.6 cm³/mol. The Labute approximate surface area is 124 Å². The van der Waals surface area contributed by atoms with Gasteiger partial charge in [-0.2, -0.15) is 0 Å². The van der Waals surface area contributed by atoms with Crippen molar-refractivity contribution in [3.8, 4) is 0 Å². The third kappa shape index (κ3) is 2.34. The van der Waals surface area contributed by atoms with E-state index in [0.29, 0.717) is 16.8 Å². The summed E-state index contributed by atoms with van der Waals surface area (Å²) in [7, 11) is 0. The molecule has 0 aliphatic rings. The molecule has 3 aromatic rings. The second-order valence-corrected chi connectivity index (χ2v) is 5.99. The highest BCUT2D eigenvalue weighted by molar-refractivity contribution is 7.18. The molecule has 0 aliphatic carbocycles. The van der Waals surface area contributed by atoms with Crippen molar-refractivity contribution >= 4 is 44.8 Å². The fourth-order valence-corrected chi connectivity index (χ4v) is 3.32. The third-order valence-corrected chi connectivity index (χ3v) is 4.46. The molecule has 0 saturated carbocycles. The Morgan fingerprint density at radius 2 is 1.85 bits per heavy atom. The van der Waals surface area contributed by atoms with Crippen molar-refractivity contribution in [3.63, 3.8) is 0 Å². The molecule has 0 bridgehead atoms. The zero-order valence-electron chi connectivity index (χ0n) is 10.9. The minimum Gasteiger partial charge on any atom is -0.324 e. The molecule has 102 valence electrons. The van der Waals surface area contributed by atoms with Gasteiger partial charge in [0, 0.05) is 10.6 Å². The van der Waals surface area contributed by atoms with Gasteiger partial charge in [-0.3, -0.25) is 0 Å². The van der Waals surface area contributed by atoms with Crippen molar-refractivity contribution in [2.45, 2.75) is 13.8 Å². The second-order valence-electron chi connectivity index (χ2n) is 4.43. The number of hydrogen-bond acceptors (Lipinski definition) is 4. The van der Waals surface area contributed by atoms with Crippen LogP contribution in [0.4, 0.5) is 16.0 Å². The molecule has 20 heavy (non-hydrogen) atoms. The van der Waals surface area contributed by atoms with E-state index in [1.807, 2.05) is 13.8 Å². The SMILES string of the molecule is Cc1sc2nc(Nc3ccc(F)cc3)nc(Cl)c2c1C. The molecule has 0 radical (unpaired) electrons. The van der Waals surface area contributed by atoms with E-state index in [-0.39, 0.29) is 5.82 Å². The number of thiophene rings is 1. The van der Waals surface area contributed by atoms with E-state index in [0.717, 1.165) is 15.8 Å². The summed E-state index contributed by atoms with van der Waals surface area (Å²) in [5, 5.41) is 4.36. The number of hydrogen-bond donors (Lipinski definition) is 1. The average molecular weight is 308 g/mol. The van der Waals surface area contributed by atoms with Gasteiger partial charge in [0.1, 0.15) is 15.8 Å². The number of nitrogens with zero attached hydrogens (tertiary/aromatic N) is 2. The summed E-state index contributed by atoms with van der Waals surface area (Å²) in [6, 6.07) is 6.01. The second kappa shape index (κ2) is 5.00. The van der Waals surface area contributed by atoms with Crippen molar-refractivity contribution < 1.29 is 4.39 Å². The lowest BCUT2D eigenvalue weighted by Gasteiger charge is -2.05. The topological polar surface area (TPSA) is 37.8 Å². The van der Waals surface area contributed by atoms with E-state index in [4.69, 9.17) is 11.6 Å². The maximum absolute atomic E-state index is 12.9. The fourth-order valence-electron chi connectivity index (χ4n) is 1.92. The molecule has 0 atom stereocenters. The lowest BCUT2D eigenvalue weighted by Crippen LogP contribution is -1.97. The van der Waals surface area contributed by atoms with Crippen LogP contribution < -0.4 is 5.32 Å². The highest BCUT2D eigenvalue weighted by Gasteiger charge is 2.13. The predicted octanol–water partition coefficient (Wildman–Crippen LogP) is 4.84. The van der Waals surface area contributed by atoms with Gasteiger partial charge in [0.2, 0.25) is 5.95 Å². The van der Waals surface area contributed by atoms with E-state index in [2.05, 4.69) is 15.3 Å². The van der Waals surface area contributed by atoms with Crippen LogP contribution in [0.2, 0.25) is 5.15 Å². The van der Waals surface area contributed by atoms with Crippen LogP contribution in [0.1, 0.15) is 10.4 Å². The Bertz CT molecular complexity index is 783. The van der Waals surface area contributed by atoms with Gasteiger partial charge >= 0.3 is 0 Å². The van der Waals surface area contributed by atoms with Crippen LogP contribution in [0.15, 0.2) is 24.3 Å². The number of anilines is 2. The summed E-state index contributed by atoms with van der Waals surface area (Å²) in [5.74, 6) is 0.129. The van der Waals surface area contributed by atoms with Crippen LogP contribution in [0.25, 0.3) is 10.2 Å². The average Bonchev–Trinajstić information content (AvgIpc) is 2.68. The maximum Gasteiger partial charge on any atom is 0.230 e. The van der Waals surface area contributed by atoms with Crippen molar-refractivity contribution in [1.82, 2.24) is 9.97 Å². The van der Waals surface area contributed by atoms with E-state index in [1.165, 1.54) is 17.0 Å². The van der Waals surface area contributed by atoms with Gasteiger partial charge in [0.05, 0.1) is 5.39 Å². The van der Waals surface area contributed by atoms with Gasteiger partial charge < -0.3 is 5.32 Å². The molecule has 0 aliphatic heterocycles. The molecule has 0 unspecified atom stereocenters. The van der Waals surface area contributed by atoms with Gasteiger partial charge in [-0.25, -0.2) is 14.4 Å². The number of aryl methyl sites for hydroxylation is 2. The van der Waals surface area contributed by atoms with Crippen LogP contribution in [0.3, 0.4) is 0 Å².